The number of aryl methyl sites for hydroxylation is 2. The highest BCUT2D eigenvalue weighted by Gasteiger charge is 2.30. The lowest BCUT2D eigenvalue weighted by molar-refractivity contribution is -0.154. The molecule has 2 aliphatic rings. The summed E-state index contributed by atoms with van der Waals surface area (Å²) in [5, 5.41) is 3.55. The Balaban J connectivity index is 1.36. The average molecular weight is 405 g/mol. The van der Waals surface area contributed by atoms with Crippen molar-refractivity contribution < 1.29 is 27.2 Å². The lowest BCUT2D eigenvalue weighted by Crippen LogP contribution is -2.42. The van der Waals surface area contributed by atoms with Crippen LogP contribution < -0.4 is 5.32 Å². The van der Waals surface area contributed by atoms with Gasteiger partial charge in [-0.25, -0.2) is 8.42 Å². The summed E-state index contributed by atoms with van der Waals surface area (Å²) in [7, 11) is -3.08. The van der Waals surface area contributed by atoms with Gasteiger partial charge in [-0.3, -0.25) is 9.59 Å². The van der Waals surface area contributed by atoms with Gasteiger partial charge in [0.15, 0.2) is 15.9 Å². The van der Waals surface area contributed by atoms with Crippen LogP contribution in [0.2, 0.25) is 0 Å². The van der Waals surface area contributed by atoms with E-state index in [0.717, 1.165) is 35.8 Å². The number of amides is 1. The molecule has 1 aliphatic heterocycles. The van der Waals surface area contributed by atoms with Gasteiger partial charge in [-0.1, -0.05) is 0 Å². The molecule has 0 radical (unpaired) electrons. The number of rotatable bonds is 5. The van der Waals surface area contributed by atoms with Crippen LogP contribution in [0.5, 0.6) is 0 Å². The molecule has 1 saturated heterocycles. The van der Waals surface area contributed by atoms with E-state index in [1.807, 2.05) is 6.07 Å². The number of nitrogens with one attached hydrogen (secondary N) is 1. The van der Waals surface area contributed by atoms with E-state index < -0.39 is 33.9 Å². The monoisotopic (exact) mass is 405 g/mol. The van der Waals surface area contributed by atoms with Gasteiger partial charge in [0.1, 0.15) is 5.58 Å². The molecule has 1 aromatic heterocycles. The van der Waals surface area contributed by atoms with Crippen LogP contribution in [0.1, 0.15) is 36.5 Å². The van der Waals surface area contributed by atoms with E-state index in [4.69, 9.17) is 9.15 Å². The topological polar surface area (TPSA) is 103 Å². The molecule has 2 aromatic rings. The molecule has 1 aromatic carbocycles. The smallest absolute Gasteiger partial charge is 0.311 e. The van der Waals surface area contributed by atoms with Gasteiger partial charge in [0.2, 0.25) is 0 Å². The second kappa shape index (κ2) is 7.24. The van der Waals surface area contributed by atoms with Crippen molar-refractivity contribution in [2.24, 2.45) is 0 Å². The molecule has 4 rings (SSSR count). The highest BCUT2D eigenvalue weighted by atomic mass is 32.2. The number of hydrogen-bond acceptors (Lipinski definition) is 6. The van der Waals surface area contributed by atoms with Crippen LogP contribution in [0, 0.1) is 0 Å². The first kappa shape index (κ1) is 19.0. The summed E-state index contributed by atoms with van der Waals surface area (Å²) in [6, 6.07) is 3.71. The molecule has 0 spiro atoms. The summed E-state index contributed by atoms with van der Waals surface area (Å²) in [6.45, 7) is 1.48. The Morgan fingerprint density at radius 3 is 2.75 bits per heavy atom. The zero-order chi connectivity index (χ0) is 19.9. The number of furan rings is 1. The Morgan fingerprint density at radius 2 is 2.04 bits per heavy atom. The molecule has 2 atom stereocenters. The molecule has 8 heteroatoms. The summed E-state index contributed by atoms with van der Waals surface area (Å²) in [6.07, 6.45) is 4.20. The SMILES string of the molecule is C[C@H](OC(=O)Cc1coc2cc3c(cc12)CCC3)C(=O)N[C@@H]1CCS(=O)(=O)C1. The van der Waals surface area contributed by atoms with Crippen LogP contribution in [-0.2, 0) is 43.4 Å². The highest BCUT2D eigenvalue weighted by molar-refractivity contribution is 7.91. The molecule has 1 fully saturated rings. The number of fused-ring (bicyclic) bond motifs is 2. The maximum atomic E-state index is 12.3. The van der Waals surface area contributed by atoms with Crippen LogP contribution in [0.4, 0.5) is 0 Å². The third-order valence-electron chi connectivity index (χ3n) is 5.46. The molecule has 7 nitrogen and oxygen atoms in total. The van der Waals surface area contributed by atoms with E-state index in [0.29, 0.717) is 6.42 Å². The van der Waals surface area contributed by atoms with Crippen molar-refractivity contribution >= 4 is 32.7 Å². The molecule has 0 saturated carbocycles. The number of hydrogen-bond donors (Lipinski definition) is 1. The van der Waals surface area contributed by atoms with Gasteiger partial charge in [-0.05, 0) is 55.9 Å². The second-order valence-electron chi connectivity index (χ2n) is 7.65. The Hall–Kier alpha value is -2.35. The minimum Gasteiger partial charge on any atom is -0.464 e. The van der Waals surface area contributed by atoms with Crippen molar-refractivity contribution in [1.82, 2.24) is 5.32 Å². The number of sulfone groups is 1. The number of benzene rings is 1. The molecule has 1 aliphatic carbocycles. The zero-order valence-corrected chi connectivity index (χ0v) is 16.5. The lowest BCUT2D eigenvalue weighted by atomic mass is 10.0. The third-order valence-corrected chi connectivity index (χ3v) is 7.23. The van der Waals surface area contributed by atoms with Crippen LogP contribution >= 0.6 is 0 Å². The fraction of sp³-hybridized carbons (Fsp3) is 0.500. The molecule has 0 unspecified atom stereocenters. The molecule has 2 heterocycles. The standard InChI is InChI=1S/C20H23NO6S/c1-12(20(23)21-16-5-6-28(24,25)11-16)27-19(22)9-15-10-26-18-8-14-4-2-3-13(14)7-17(15)18/h7-8,10,12,16H,2-6,9,11H2,1H3,(H,21,23)/t12-,16+/m0/s1. The van der Waals surface area contributed by atoms with Crippen molar-refractivity contribution in [2.75, 3.05) is 11.5 Å². The Kier molecular flexibility index (Phi) is 4.91. The first-order chi connectivity index (χ1) is 13.3. The van der Waals surface area contributed by atoms with Crippen molar-refractivity contribution in [3.63, 3.8) is 0 Å². The van der Waals surface area contributed by atoms with Gasteiger partial charge in [0.25, 0.3) is 5.91 Å². The summed E-state index contributed by atoms with van der Waals surface area (Å²) in [4.78, 5) is 24.5. The summed E-state index contributed by atoms with van der Waals surface area (Å²) in [5.74, 6) is -0.996. The average Bonchev–Trinajstić information content (AvgIpc) is 3.32. The van der Waals surface area contributed by atoms with E-state index in [1.54, 1.807) is 6.26 Å². The van der Waals surface area contributed by atoms with E-state index >= 15 is 0 Å². The number of esters is 1. The minimum atomic E-state index is -3.08. The molecule has 0 bridgehead atoms. The third kappa shape index (κ3) is 3.92. The molecule has 150 valence electrons. The first-order valence-electron chi connectivity index (χ1n) is 9.53. The molecule has 28 heavy (non-hydrogen) atoms. The van der Waals surface area contributed by atoms with Crippen LogP contribution in [0.25, 0.3) is 11.0 Å². The van der Waals surface area contributed by atoms with Gasteiger partial charge < -0.3 is 14.5 Å². The fourth-order valence-corrected chi connectivity index (χ4v) is 5.63. The Morgan fingerprint density at radius 1 is 1.29 bits per heavy atom. The minimum absolute atomic E-state index is 0.0151. The normalized spacial score (nSPS) is 21.4. The predicted octanol–water partition coefficient (Wildman–Crippen LogP) is 1.70. The van der Waals surface area contributed by atoms with E-state index in [1.165, 1.54) is 18.1 Å². The number of carbonyl (C=O) groups is 2. The maximum Gasteiger partial charge on any atom is 0.311 e. The van der Waals surface area contributed by atoms with Crippen molar-refractivity contribution in [1.29, 1.82) is 0 Å². The number of carbonyl (C=O) groups excluding carboxylic acids is 2. The van der Waals surface area contributed by atoms with Gasteiger partial charge in [-0.15, -0.1) is 0 Å². The van der Waals surface area contributed by atoms with Gasteiger partial charge >= 0.3 is 5.97 Å². The van der Waals surface area contributed by atoms with E-state index in [9.17, 15) is 18.0 Å². The van der Waals surface area contributed by atoms with Gasteiger partial charge in [0, 0.05) is 17.0 Å². The first-order valence-corrected chi connectivity index (χ1v) is 11.3. The maximum absolute atomic E-state index is 12.3. The molecule has 1 N–H and O–H groups in total. The largest absolute Gasteiger partial charge is 0.464 e. The lowest BCUT2D eigenvalue weighted by Gasteiger charge is -2.16. The fourth-order valence-electron chi connectivity index (χ4n) is 3.96. The molecular formula is C20H23NO6S. The van der Waals surface area contributed by atoms with E-state index in [-0.39, 0.29) is 17.9 Å². The van der Waals surface area contributed by atoms with Crippen LogP contribution in [0.3, 0.4) is 0 Å². The van der Waals surface area contributed by atoms with Crippen molar-refractivity contribution in [3.8, 4) is 0 Å². The van der Waals surface area contributed by atoms with Gasteiger partial charge in [-0.2, -0.15) is 0 Å². The summed E-state index contributed by atoms with van der Waals surface area (Å²) >= 11 is 0. The summed E-state index contributed by atoms with van der Waals surface area (Å²) < 4.78 is 33.8. The molecular weight excluding hydrogens is 382 g/mol. The Labute approximate surface area is 163 Å². The van der Waals surface area contributed by atoms with Crippen molar-refractivity contribution in [3.05, 3.63) is 35.1 Å². The zero-order valence-electron chi connectivity index (χ0n) is 15.7. The quantitative estimate of drug-likeness (QED) is 0.760. The second-order valence-corrected chi connectivity index (χ2v) is 9.88. The molecule has 1 amide bonds. The van der Waals surface area contributed by atoms with Crippen molar-refractivity contribution in [2.45, 2.75) is 51.2 Å². The number of ether oxygens (including phenoxy) is 1. The predicted molar refractivity (Wildman–Crippen MR) is 103 cm³/mol. The van der Waals surface area contributed by atoms with Crippen LogP contribution in [-0.4, -0.2) is 43.9 Å². The van der Waals surface area contributed by atoms with E-state index in [2.05, 4.69) is 11.4 Å². The van der Waals surface area contributed by atoms with Crippen LogP contribution in [0.15, 0.2) is 22.8 Å². The van der Waals surface area contributed by atoms with Gasteiger partial charge in [0.05, 0.1) is 24.2 Å². The Bertz CT molecular complexity index is 1040. The summed E-state index contributed by atoms with van der Waals surface area (Å²) in [5.41, 5.74) is 4.10. The highest BCUT2D eigenvalue weighted by Crippen LogP contribution is 2.30.